The zero-order valence-electron chi connectivity index (χ0n) is 5.79. The van der Waals surface area contributed by atoms with E-state index in [2.05, 4.69) is 4.30 Å². The fourth-order valence-electron chi connectivity index (χ4n) is 0.734. The lowest BCUT2D eigenvalue weighted by molar-refractivity contribution is 0.0981. The number of nitrogens with one attached hydrogen (secondary N) is 1. The first-order valence-corrected chi connectivity index (χ1v) is 4.11. The standard InChI is InChI=1S/C7H7NO.Al.2H/c8-7(9)6-4-2-1-3-5-6;;;/h1-5H,(H2,8,9);;;/q;+1;;/p-1. The quantitative estimate of drug-likeness (QED) is 0.558. The summed E-state index contributed by atoms with van der Waals surface area (Å²) in [5.41, 5.74) is 0.734. The zero-order valence-corrected chi connectivity index (χ0v) is 7.79. The molecule has 0 aliphatic heterocycles. The molecule has 1 amide bonds. The fourth-order valence-corrected chi connectivity index (χ4v) is 1.02. The van der Waals surface area contributed by atoms with Crippen LogP contribution in [0.25, 0.3) is 0 Å². The van der Waals surface area contributed by atoms with Crippen molar-refractivity contribution in [3.8, 4) is 0 Å². The summed E-state index contributed by atoms with van der Waals surface area (Å²) in [6.07, 6.45) is 0. The summed E-state index contributed by atoms with van der Waals surface area (Å²) in [5.74, 6) is 0.0206. The Morgan fingerprint density at radius 3 is 2.40 bits per heavy atom. The first-order valence-electron chi connectivity index (χ1n) is 3.11. The van der Waals surface area contributed by atoms with Gasteiger partial charge in [0.2, 0.25) is 5.91 Å². The Morgan fingerprint density at radius 2 is 1.90 bits per heavy atom. The predicted molar refractivity (Wildman–Crippen MR) is 42.5 cm³/mol. The third-order valence-electron chi connectivity index (χ3n) is 1.26. The number of benzene rings is 1. The van der Waals surface area contributed by atoms with Crippen LogP contribution in [0.5, 0.6) is 0 Å². The molecule has 1 N–H and O–H groups in total. The van der Waals surface area contributed by atoms with Gasteiger partial charge in [0.25, 0.3) is 0 Å². The van der Waals surface area contributed by atoms with Gasteiger partial charge in [-0.2, -0.15) is 0 Å². The highest BCUT2D eigenvalue weighted by atomic mass is 27.1. The predicted octanol–water partition coefficient (Wildman–Crippen LogP) is -0.0355. The fraction of sp³-hybridized carbons (Fsp3) is 0. The maximum absolute atomic E-state index is 10.9. The lowest BCUT2D eigenvalue weighted by atomic mass is 10.2. The summed E-state index contributed by atoms with van der Waals surface area (Å²) in [5, 5.41) is 0. The van der Waals surface area contributed by atoms with Gasteiger partial charge < -0.3 is 4.30 Å². The van der Waals surface area contributed by atoms with Crippen molar-refractivity contribution >= 4 is 22.4 Å². The second kappa shape index (κ2) is 3.41. The van der Waals surface area contributed by atoms with Crippen molar-refractivity contribution in [1.82, 2.24) is 4.30 Å². The Hall–Kier alpha value is -0.778. The Balaban J connectivity index is 2.85. The second-order valence-corrected chi connectivity index (χ2v) is 2.45. The average molecular weight is 149 g/mol. The average Bonchev–Trinajstić information content (AvgIpc) is 2.05. The van der Waals surface area contributed by atoms with E-state index in [0.29, 0.717) is 16.5 Å². The molecule has 0 aliphatic carbocycles. The van der Waals surface area contributed by atoms with Crippen molar-refractivity contribution in [2.45, 2.75) is 0 Å². The Bertz CT molecular complexity index is 222. The van der Waals surface area contributed by atoms with Crippen LogP contribution >= 0.6 is 0 Å². The van der Waals surface area contributed by atoms with E-state index >= 15 is 0 Å². The van der Waals surface area contributed by atoms with Gasteiger partial charge in [-0.15, -0.1) is 0 Å². The summed E-state index contributed by atoms with van der Waals surface area (Å²) in [6.45, 7) is 0. The van der Waals surface area contributed by atoms with Crippen molar-refractivity contribution in [3.63, 3.8) is 0 Å². The summed E-state index contributed by atoms with van der Waals surface area (Å²) in [6, 6.07) is 9.20. The molecule has 0 fully saturated rings. The van der Waals surface area contributed by atoms with Crippen molar-refractivity contribution in [3.05, 3.63) is 35.9 Å². The van der Waals surface area contributed by atoms with Gasteiger partial charge >= 0.3 is 16.5 Å². The molecule has 0 bridgehead atoms. The molecule has 0 saturated carbocycles. The Kier molecular flexibility index (Phi) is 2.50. The molecule has 50 valence electrons. The molecule has 1 rings (SSSR count). The number of rotatable bonds is 1. The summed E-state index contributed by atoms with van der Waals surface area (Å²) >= 11 is 0.708. The number of carbonyl (C=O) groups is 1. The summed E-state index contributed by atoms with van der Waals surface area (Å²) in [4.78, 5) is 10.9. The van der Waals surface area contributed by atoms with Gasteiger partial charge in [-0.1, -0.05) is 18.2 Å². The van der Waals surface area contributed by atoms with Crippen molar-refractivity contribution < 1.29 is 4.79 Å². The van der Waals surface area contributed by atoms with Gasteiger partial charge in [-0.05, 0) is 12.1 Å². The maximum atomic E-state index is 10.9. The van der Waals surface area contributed by atoms with E-state index in [1.54, 1.807) is 12.1 Å². The van der Waals surface area contributed by atoms with E-state index < -0.39 is 0 Å². The monoisotopic (exact) mass is 149 g/mol. The number of hydrogen-bond donors (Lipinski definition) is 1. The molecule has 1 aromatic rings. The molecular formula is C7H8AlNO. The van der Waals surface area contributed by atoms with Crippen LogP contribution < -0.4 is 4.30 Å². The third kappa shape index (κ3) is 1.60. The molecule has 0 unspecified atom stereocenters. The van der Waals surface area contributed by atoms with E-state index in [1.165, 1.54) is 0 Å². The Labute approximate surface area is 67.9 Å². The molecule has 0 aliphatic rings. The molecule has 0 aromatic heterocycles. The zero-order chi connectivity index (χ0) is 7.40. The number of hydrogen-bond acceptors (Lipinski definition) is 1. The van der Waals surface area contributed by atoms with Gasteiger partial charge in [0, 0.05) is 5.56 Å². The lowest BCUT2D eigenvalue weighted by Gasteiger charge is -1.96. The molecule has 2 nitrogen and oxygen atoms in total. The van der Waals surface area contributed by atoms with E-state index in [0.717, 1.165) is 5.56 Å². The highest BCUT2D eigenvalue weighted by molar-refractivity contribution is 6.18. The van der Waals surface area contributed by atoms with Crippen LogP contribution in [-0.4, -0.2) is 22.4 Å². The largest absolute Gasteiger partial charge is 0.449 e. The van der Waals surface area contributed by atoms with Crippen molar-refractivity contribution in [2.24, 2.45) is 0 Å². The van der Waals surface area contributed by atoms with Gasteiger partial charge in [0.05, 0.1) is 0 Å². The SMILES string of the molecule is O=C([NH][AlH2])c1ccccc1. The molecule has 1 aromatic carbocycles. The van der Waals surface area contributed by atoms with E-state index in [9.17, 15) is 4.79 Å². The normalized spacial score (nSPS) is 8.80. The third-order valence-corrected chi connectivity index (χ3v) is 1.72. The highest BCUT2D eigenvalue weighted by Crippen LogP contribution is 1.96. The molecule has 0 radical (unpaired) electrons. The van der Waals surface area contributed by atoms with Gasteiger partial charge in [-0.25, -0.2) is 0 Å². The van der Waals surface area contributed by atoms with Crippen molar-refractivity contribution in [2.75, 3.05) is 0 Å². The van der Waals surface area contributed by atoms with Crippen LogP contribution in [0.1, 0.15) is 10.4 Å². The molecule has 0 spiro atoms. The number of amides is 1. The van der Waals surface area contributed by atoms with E-state index in [4.69, 9.17) is 0 Å². The molecule has 10 heavy (non-hydrogen) atoms. The van der Waals surface area contributed by atoms with E-state index in [1.807, 2.05) is 18.2 Å². The molecular weight excluding hydrogens is 141 g/mol. The molecule has 0 heterocycles. The number of carbonyl (C=O) groups excluding carboxylic acids is 1. The molecule has 0 atom stereocenters. The van der Waals surface area contributed by atoms with Crippen molar-refractivity contribution in [1.29, 1.82) is 0 Å². The Morgan fingerprint density at radius 1 is 1.30 bits per heavy atom. The first kappa shape index (κ1) is 7.33. The van der Waals surface area contributed by atoms with Gasteiger partial charge in [-0.3, -0.25) is 4.79 Å². The smallest absolute Gasteiger partial charge is 0.364 e. The second-order valence-electron chi connectivity index (χ2n) is 1.95. The molecule has 0 saturated heterocycles. The van der Waals surface area contributed by atoms with Crippen LogP contribution in [0.2, 0.25) is 0 Å². The van der Waals surface area contributed by atoms with Crippen LogP contribution in [0.15, 0.2) is 30.3 Å². The van der Waals surface area contributed by atoms with Crippen LogP contribution in [-0.2, 0) is 0 Å². The molecule has 3 heteroatoms. The first-order chi connectivity index (χ1) is 4.84. The van der Waals surface area contributed by atoms with Crippen LogP contribution in [0, 0.1) is 0 Å². The highest BCUT2D eigenvalue weighted by Gasteiger charge is 1.97. The minimum atomic E-state index is 0.0206. The van der Waals surface area contributed by atoms with Gasteiger partial charge in [0.1, 0.15) is 0 Å². The van der Waals surface area contributed by atoms with Crippen LogP contribution in [0.3, 0.4) is 0 Å². The van der Waals surface area contributed by atoms with E-state index in [-0.39, 0.29) is 5.91 Å². The lowest BCUT2D eigenvalue weighted by Crippen LogP contribution is -2.19. The topological polar surface area (TPSA) is 29.1 Å². The summed E-state index contributed by atoms with van der Waals surface area (Å²) in [7, 11) is 0. The maximum Gasteiger partial charge on any atom is 0.364 e. The summed E-state index contributed by atoms with van der Waals surface area (Å²) < 4.78 is 2.68. The minimum absolute atomic E-state index is 0.0206. The van der Waals surface area contributed by atoms with Gasteiger partial charge in [0.15, 0.2) is 0 Å². The van der Waals surface area contributed by atoms with Crippen LogP contribution in [0.4, 0.5) is 0 Å². The minimum Gasteiger partial charge on any atom is -0.449 e.